The van der Waals surface area contributed by atoms with E-state index < -0.39 is 10.3 Å². The van der Waals surface area contributed by atoms with E-state index in [0.29, 0.717) is 0 Å². The summed E-state index contributed by atoms with van der Waals surface area (Å²) in [7, 11) is 0. The molecule has 0 saturated heterocycles. The van der Waals surface area contributed by atoms with Crippen LogP contribution in [0.4, 0.5) is 0 Å². The van der Waals surface area contributed by atoms with Crippen molar-refractivity contribution in [3.05, 3.63) is 0 Å². The van der Waals surface area contributed by atoms with Crippen LogP contribution in [0.15, 0.2) is 0 Å². The smallest absolute Gasteiger partial charge is 0.251 e. The van der Waals surface area contributed by atoms with E-state index in [9.17, 15) is 0 Å². The molecule has 0 rings (SSSR count). The van der Waals surface area contributed by atoms with Crippen molar-refractivity contribution in [3.8, 4) is 0 Å². The molecular formula is C8H24N2O2S3. The monoisotopic (exact) mass is 276 g/mol. The van der Waals surface area contributed by atoms with Crippen LogP contribution in [0.1, 0.15) is 35.6 Å². The third-order valence-corrected chi connectivity index (χ3v) is 0. The van der Waals surface area contributed by atoms with Crippen LogP contribution in [0.3, 0.4) is 0 Å². The standard InChI is InChI=1S/C4H10S.2CH3NOS.2CH4/c1-4(2,3)5;2*2-1(3)4;;/h5H,1-3H3;2*(H3,2,3,4);2*1H4. The zero-order chi connectivity index (χ0) is 11.7. The molecule has 0 aromatic heterocycles. The Balaban J connectivity index is -0.0000000315. The summed E-state index contributed by atoms with van der Waals surface area (Å²) in [6.45, 7) is 6.16. The van der Waals surface area contributed by atoms with Gasteiger partial charge in [-0.3, -0.25) is 0 Å². The van der Waals surface area contributed by atoms with Crippen LogP contribution in [-0.4, -0.2) is 25.3 Å². The van der Waals surface area contributed by atoms with Crippen molar-refractivity contribution in [2.45, 2.75) is 40.4 Å². The number of thiol groups is 1. The van der Waals surface area contributed by atoms with Crippen LogP contribution >= 0.6 is 37.1 Å². The Kier molecular flexibility index (Phi) is 31.6. The van der Waals surface area contributed by atoms with Crippen molar-refractivity contribution in [1.29, 1.82) is 0 Å². The molecule has 0 aromatic carbocycles. The molecule has 6 N–H and O–H groups in total. The highest BCUT2D eigenvalue weighted by Gasteiger charge is 1.96. The van der Waals surface area contributed by atoms with E-state index in [1.165, 1.54) is 0 Å². The van der Waals surface area contributed by atoms with Gasteiger partial charge in [-0.1, -0.05) is 35.6 Å². The fourth-order valence-electron chi connectivity index (χ4n) is 0. The average Bonchev–Trinajstić information content (AvgIpc) is 1.50. The van der Waals surface area contributed by atoms with E-state index in [1.807, 2.05) is 0 Å². The molecule has 0 saturated carbocycles. The molecule has 0 fully saturated rings. The topological polar surface area (TPSA) is 92.5 Å². The number of hydrogen-bond donors (Lipinski definition) is 5. The molecule has 0 amide bonds. The number of thiocarbonyl (C=S) groups is 2. The van der Waals surface area contributed by atoms with E-state index in [2.05, 4.69) is 69.3 Å². The molecule has 96 valence electrons. The van der Waals surface area contributed by atoms with E-state index in [1.54, 1.807) is 0 Å². The Hall–Kier alpha value is -0.270. The Bertz CT molecular complexity index is 132. The Morgan fingerprint density at radius 2 is 1.00 bits per heavy atom. The number of aliphatic hydroxyl groups excluding tert-OH is 2. The normalized spacial score (nSPS) is 7.20. The molecule has 0 aliphatic rings. The summed E-state index contributed by atoms with van der Waals surface area (Å²) < 4.78 is 0.194. The number of rotatable bonds is 0. The molecule has 15 heavy (non-hydrogen) atoms. The quantitative estimate of drug-likeness (QED) is 0.345. The summed E-state index contributed by atoms with van der Waals surface area (Å²) in [6.07, 6.45) is 0. The van der Waals surface area contributed by atoms with Gasteiger partial charge in [0.15, 0.2) is 0 Å². The SMILES string of the molecule is C.C.CC(C)(C)S.NC(O)=S.NC(O)=S. The van der Waals surface area contributed by atoms with Crippen LogP contribution in [0.25, 0.3) is 0 Å². The van der Waals surface area contributed by atoms with Crippen molar-refractivity contribution < 1.29 is 10.2 Å². The lowest BCUT2D eigenvalue weighted by Gasteiger charge is -2.04. The second-order valence-corrected chi connectivity index (χ2v) is 5.03. The predicted molar refractivity (Wildman–Crippen MR) is 81.0 cm³/mol. The van der Waals surface area contributed by atoms with E-state index in [0.717, 1.165) is 0 Å². The predicted octanol–water partition coefficient (Wildman–Crippen LogP) is 2.56. The first-order valence-electron chi connectivity index (χ1n) is 3.16. The second-order valence-electron chi connectivity index (χ2n) is 2.85. The minimum Gasteiger partial charge on any atom is -0.487 e. The maximum Gasteiger partial charge on any atom is 0.251 e. The lowest BCUT2D eigenvalue weighted by atomic mass is 10.3. The molecule has 0 aromatic rings. The Morgan fingerprint density at radius 1 is 1.00 bits per heavy atom. The lowest BCUT2D eigenvalue weighted by Crippen LogP contribution is -2.03. The molecule has 0 heterocycles. The van der Waals surface area contributed by atoms with Crippen LogP contribution in [0, 0.1) is 0 Å². The first-order valence-corrected chi connectivity index (χ1v) is 4.42. The van der Waals surface area contributed by atoms with Gasteiger partial charge in [0.2, 0.25) is 0 Å². The molecule has 0 bridgehead atoms. The summed E-state index contributed by atoms with van der Waals surface area (Å²) in [5.41, 5.74) is 8.80. The highest BCUT2D eigenvalue weighted by atomic mass is 32.1. The van der Waals surface area contributed by atoms with Crippen molar-refractivity contribution in [2.24, 2.45) is 11.5 Å². The fraction of sp³-hybridized carbons (Fsp3) is 0.750. The maximum atomic E-state index is 7.56. The van der Waals surface area contributed by atoms with E-state index >= 15 is 0 Å². The Morgan fingerprint density at radius 3 is 1.00 bits per heavy atom. The van der Waals surface area contributed by atoms with E-state index in [-0.39, 0.29) is 19.6 Å². The third kappa shape index (κ3) is 25900. The minimum atomic E-state index is -0.500. The van der Waals surface area contributed by atoms with Gasteiger partial charge in [0.1, 0.15) is 0 Å². The van der Waals surface area contributed by atoms with Gasteiger partial charge in [0.25, 0.3) is 10.3 Å². The Labute approximate surface area is 109 Å². The van der Waals surface area contributed by atoms with Gasteiger partial charge in [-0.25, -0.2) is 0 Å². The largest absolute Gasteiger partial charge is 0.487 e. The van der Waals surface area contributed by atoms with Gasteiger partial charge < -0.3 is 21.7 Å². The van der Waals surface area contributed by atoms with Crippen LogP contribution in [0.2, 0.25) is 0 Å². The summed E-state index contributed by atoms with van der Waals surface area (Å²) >= 11 is 11.9. The van der Waals surface area contributed by atoms with Gasteiger partial charge in [0.05, 0.1) is 0 Å². The fourth-order valence-corrected chi connectivity index (χ4v) is 0. The van der Waals surface area contributed by atoms with Crippen LogP contribution in [0.5, 0.6) is 0 Å². The van der Waals surface area contributed by atoms with Crippen LogP contribution < -0.4 is 11.5 Å². The molecule has 7 heteroatoms. The van der Waals surface area contributed by atoms with Gasteiger partial charge in [-0.15, -0.1) is 0 Å². The zero-order valence-electron chi connectivity index (χ0n) is 7.81. The number of aliphatic hydroxyl groups is 2. The molecular weight excluding hydrogens is 252 g/mol. The van der Waals surface area contributed by atoms with Crippen molar-refractivity contribution >= 4 is 47.4 Å². The van der Waals surface area contributed by atoms with Gasteiger partial charge in [-0.05, 0) is 24.4 Å². The molecule has 0 aliphatic heterocycles. The molecule has 0 radical (unpaired) electrons. The minimum absolute atomic E-state index is 0. The highest BCUT2D eigenvalue weighted by Crippen LogP contribution is 2.07. The van der Waals surface area contributed by atoms with Crippen molar-refractivity contribution in [2.75, 3.05) is 0 Å². The maximum absolute atomic E-state index is 7.56. The summed E-state index contributed by atoms with van der Waals surface area (Å²) in [5, 5.41) is 14.1. The summed E-state index contributed by atoms with van der Waals surface area (Å²) in [5.74, 6) is 0. The first-order chi connectivity index (χ1) is 5.46. The van der Waals surface area contributed by atoms with Crippen LogP contribution in [-0.2, 0) is 0 Å². The van der Waals surface area contributed by atoms with Gasteiger partial charge in [0, 0.05) is 4.75 Å². The molecule has 0 atom stereocenters. The van der Waals surface area contributed by atoms with Crippen molar-refractivity contribution in [1.82, 2.24) is 0 Å². The molecule has 0 aliphatic carbocycles. The number of nitrogens with two attached hydrogens (primary N) is 2. The molecule has 0 spiro atoms. The second kappa shape index (κ2) is 16.2. The van der Waals surface area contributed by atoms with Crippen molar-refractivity contribution in [3.63, 3.8) is 0 Å². The zero-order valence-corrected chi connectivity index (χ0v) is 10.3. The molecule has 4 nitrogen and oxygen atoms in total. The molecule has 0 unspecified atom stereocenters. The van der Waals surface area contributed by atoms with E-state index in [4.69, 9.17) is 10.2 Å². The average molecular weight is 276 g/mol. The van der Waals surface area contributed by atoms with Gasteiger partial charge in [-0.2, -0.15) is 12.6 Å². The third-order valence-electron chi connectivity index (χ3n) is 0. The first kappa shape index (κ1) is 29.3. The lowest BCUT2D eigenvalue weighted by molar-refractivity contribution is 0.559. The number of hydrogen-bond acceptors (Lipinski definition) is 3. The van der Waals surface area contributed by atoms with Gasteiger partial charge >= 0.3 is 0 Å². The summed E-state index contributed by atoms with van der Waals surface area (Å²) in [6, 6.07) is 0. The highest BCUT2D eigenvalue weighted by molar-refractivity contribution is 7.81. The summed E-state index contributed by atoms with van der Waals surface area (Å²) in [4.78, 5) is 0.